The first kappa shape index (κ1) is 36.5. The molecule has 3 aliphatic heterocycles. The third kappa shape index (κ3) is 4.78. The molecule has 0 amide bonds. The van der Waals surface area contributed by atoms with Gasteiger partial charge in [-0.15, -0.1) is 0 Å². The standard InChI is InChI=1S/C37H60O13/c1-16-10-23(40)47-19-12-35(5)30-18(48-32-29(45)27(43)26(42)20(13-38)49-32)11-21-33(2,3)22(50-31-28(44)25(41)17(39)14-46-31)6-7-36(21)15-37(30,36)9-8-34(35,4)24(16)19/h16-32,38-45H,6-15H2,1-5H3/t16-,17-,18+,19+,20+,21?,22+,23?,24+,25+,26+,27-,28-,29+,30?,31+,32+,34-,35+,36-,37+/m1/s1. The summed E-state index contributed by atoms with van der Waals surface area (Å²) in [6.07, 6.45) is -6.88. The molecule has 8 aliphatic rings. The van der Waals surface area contributed by atoms with Gasteiger partial charge in [0.05, 0.1) is 31.5 Å². The predicted octanol–water partition coefficient (Wildman–Crippen LogP) is 0.398. The highest BCUT2D eigenvalue weighted by molar-refractivity contribution is 5.33. The fourth-order valence-electron chi connectivity index (χ4n) is 14.0. The van der Waals surface area contributed by atoms with Gasteiger partial charge in [-0.3, -0.25) is 0 Å². The van der Waals surface area contributed by atoms with Crippen molar-refractivity contribution in [3.05, 3.63) is 0 Å². The van der Waals surface area contributed by atoms with Crippen molar-refractivity contribution in [1.82, 2.24) is 0 Å². The number of fused-ring (bicyclic) bond motifs is 4. The molecule has 21 atom stereocenters. The Balaban J connectivity index is 1.16. The Bertz CT molecular complexity index is 1300. The van der Waals surface area contributed by atoms with Gasteiger partial charge in [-0.05, 0) is 95.7 Å². The topological polar surface area (TPSA) is 208 Å². The molecular formula is C37H60O13. The summed E-state index contributed by atoms with van der Waals surface area (Å²) in [6.45, 7) is 10.7. The zero-order valence-electron chi connectivity index (χ0n) is 30.0. The molecule has 3 unspecified atom stereocenters. The second-order valence-electron chi connectivity index (χ2n) is 18.8. The van der Waals surface area contributed by atoms with E-state index in [9.17, 15) is 40.9 Å². The number of hydrogen-bond acceptors (Lipinski definition) is 13. The highest BCUT2D eigenvalue weighted by Crippen LogP contribution is 2.89. The third-order valence-electron chi connectivity index (χ3n) is 16.5. The van der Waals surface area contributed by atoms with Crippen molar-refractivity contribution >= 4 is 0 Å². The Labute approximate surface area is 294 Å². The quantitative estimate of drug-likeness (QED) is 0.182. The average molecular weight is 713 g/mol. The number of aliphatic hydroxyl groups excluding tert-OH is 8. The van der Waals surface area contributed by atoms with E-state index < -0.39 is 79.7 Å². The number of aliphatic hydroxyl groups is 8. The van der Waals surface area contributed by atoms with Crippen LogP contribution in [0.5, 0.6) is 0 Å². The zero-order chi connectivity index (χ0) is 35.9. The van der Waals surface area contributed by atoms with Crippen LogP contribution in [0.1, 0.15) is 86.0 Å². The molecular weight excluding hydrogens is 652 g/mol. The summed E-state index contributed by atoms with van der Waals surface area (Å²) in [6, 6.07) is 0. The van der Waals surface area contributed by atoms with E-state index in [4.69, 9.17) is 23.7 Å². The average Bonchev–Trinajstić information content (AvgIpc) is 3.64. The lowest BCUT2D eigenvalue weighted by Crippen LogP contribution is -2.65. The Kier molecular flexibility index (Phi) is 8.74. The minimum Gasteiger partial charge on any atom is -0.394 e. The van der Waals surface area contributed by atoms with Crippen molar-refractivity contribution in [1.29, 1.82) is 0 Å². The largest absolute Gasteiger partial charge is 0.394 e. The van der Waals surface area contributed by atoms with Gasteiger partial charge in [0.15, 0.2) is 18.9 Å². The molecule has 3 heterocycles. The number of ether oxygens (including phenoxy) is 5. The first-order chi connectivity index (χ1) is 23.5. The molecule has 0 aromatic heterocycles. The Hall–Kier alpha value is -0.520. The molecule has 286 valence electrons. The summed E-state index contributed by atoms with van der Waals surface area (Å²) in [5.74, 6) is 0.696. The van der Waals surface area contributed by atoms with Crippen LogP contribution < -0.4 is 0 Å². The second-order valence-corrected chi connectivity index (χ2v) is 18.8. The summed E-state index contributed by atoms with van der Waals surface area (Å²) in [5.41, 5.74) is -0.859. The summed E-state index contributed by atoms with van der Waals surface area (Å²) in [5, 5.41) is 84.3. The SMILES string of the molecule is C[C@@H]1CC(O)O[C@H]2C[C@@]3(C)C4[C@@H](O[C@H]5O[C@@H](CO)[C@H](O)[C@@H](O)[C@@H]5O)CC5C(C)(C)[C@@H](O[C@@H]6OC[C@@H](O)[C@H](O)[C@H]6O)CC[C@@]56C[C@@]46CC[C@]3(C)[C@@H]12. The van der Waals surface area contributed by atoms with E-state index in [1.54, 1.807) is 0 Å². The van der Waals surface area contributed by atoms with E-state index in [1.165, 1.54) is 0 Å². The van der Waals surface area contributed by atoms with Crippen LogP contribution in [-0.2, 0) is 23.7 Å². The molecule has 5 saturated carbocycles. The first-order valence-electron chi connectivity index (χ1n) is 19.1. The van der Waals surface area contributed by atoms with Gasteiger partial charge < -0.3 is 64.5 Å². The molecule has 3 saturated heterocycles. The van der Waals surface area contributed by atoms with E-state index in [0.717, 1.165) is 38.5 Å². The van der Waals surface area contributed by atoms with Crippen molar-refractivity contribution in [3.8, 4) is 0 Å². The van der Waals surface area contributed by atoms with E-state index in [1.807, 2.05) is 0 Å². The molecule has 13 nitrogen and oxygen atoms in total. The van der Waals surface area contributed by atoms with Gasteiger partial charge in [0.2, 0.25) is 0 Å². The van der Waals surface area contributed by atoms with Gasteiger partial charge in [-0.1, -0.05) is 34.6 Å². The molecule has 8 fully saturated rings. The molecule has 0 aromatic rings. The molecule has 8 N–H and O–H groups in total. The van der Waals surface area contributed by atoms with Crippen LogP contribution in [0.15, 0.2) is 0 Å². The van der Waals surface area contributed by atoms with Crippen molar-refractivity contribution < 1.29 is 64.5 Å². The summed E-state index contributed by atoms with van der Waals surface area (Å²) < 4.78 is 31.4. The second kappa shape index (κ2) is 12.0. The number of hydrogen-bond donors (Lipinski definition) is 8. The van der Waals surface area contributed by atoms with Crippen LogP contribution >= 0.6 is 0 Å². The van der Waals surface area contributed by atoms with Crippen molar-refractivity contribution in [2.45, 2.75) is 166 Å². The molecule has 2 spiro atoms. The van der Waals surface area contributed by atoms with E-state index in [2.05, 4.69) is 34.6 Å². The lowest BCUT2D eigenvalue weighted by molar-refractivity contribution is -0.335. The summed E-state index contributed by atoms with van der Waals surface area (Å²) in [4.78, 5) is 0. The van der Waals surface area contributed by atoms with Crippen LogP contribution in [0.4, 0.5) is 0 Å². The van der Waals surface area contributed by atoms with Crippen molar-refractivity contribution in [3.63, 3.8) is 0 Å². The van der Waals surface area contributed by atoms with Crippen LogP contribution in [0.25, 0.3) is 0 Å². The molecule has 5 aliphatic carbocycles. The smallest absolute Gasteiger partial charge is 0.186 e. The summed E-state index contributed by atoms with van der Waals surface area (Å²) >= 11 is 0. The van der Waals surface area contributed by atoms with Crippen LogP contribution in [-0.4, -0.2) is 134 Å². The van der Waals surface area contributed by atoms with Crippen LogP contribution in [0.3, 0.4) is 0 Å². The van der Waals surface area contributed by atoms with Crippen LogP contribution in [0, 0.1) is 50.7 Å². The first-order valence-corrected chi connectivity index (χ1v) is 19.1. The van der Waals surface area contributed by atoms with Gasteiger partial charge in [0.1, 0.15) is 42.7 Å². The molecule has 0 aromatic carbocycles. The maximum Gasteiger partial charge on any atom is 0.186 e. The van der Waals surface area contributed by atoms with Gasteiger partial charge in [-0.2, -0.15) is 0 Å². The Morgan fingerprint density at radius 3 is 2.18 bits per heavy atom. The lowest BCUT2D eigenvalue weighted by Gasteiger charge is -2.65. The van der Waals surface area contributed by atoms with Crippen LogP contribution in [0.2, 0.25) is 0 Å². The highest BCUT2D eigenvalue weighted by Gasteiger charge is 2.85. The van der Waals surface area contributed by atoms with Crippen molar-refractivity contribution in [2.75, 3.05) is 13.2 Å². The van der Waals surface area contributed by atoms with Gasteiger partial charge in [-0.25, -0.2) is 0 Å². The predicted molar refractivity (Wildman–Crippen MR) is 174 cm³/mol. The van der Waals surface area contributed by atoms with Gasteiger partial charge in [0.25, 0.3) is 0 Å². The van der Waals surface area contributed by atoms with E-state index in [0.29, 0.717) is 12.8 Å². The lowest BCUT2D eigenvalue weighted by atomic mass is 9.41. The molecule has 8 rings (SSSR count). The monoisotopic (exact) mass is 712 g/mol. The molecule has 0 radical (unpaired) electrons. The zero-order valence-corrected chi connectivity index (χ0v) is 30.0. The maximum atomic E-state index is 11.2. The van der Waals surface area contributed by atoms with Gasteiger partial charge >= 0.3 is 0 Å². The molecule has 0 bridgehead atoms. The third-order valence-corrected chi connectivity index (χ3v) is 16.5. The minimum absolute atomic E-state index is 0.00209. The highest BCUT2D eigenvalue weighted by atomic mass is 16.7. The fraction of sp³-hybridized carbons (Fsp3) is 1.00. The van der Waals surface area contributed by atoms with Gasteiger partial charge in [0, 0.05) is 6.42 Å². The fourth-order valence-corrected chi connectivity index (χ4v) is 14.0. The number of rotatable bonds is 5. The maximum absolute atomic E-state index is 11.2. The minimum atomic E-state index is -1.56. The molecule has 13 heteroatoms. The molecule has 50 heavy (non-hydrogen) atoms. The Morgan fingerprint density at radius 1 is 0.740 bits per heavy atom. The summed E-state index contributed by atoms with van der Waals surface area (Å²) in [7, 11) is 0. The van der Waals surface area contributed by atoms with E-state index >= 15 is 0 Å². The van der Waals surface area contributed by atoms with E-state index in [-0.39, 0.29) is 64.1 Å². The Morgan fingerprint density at radius 2 is 1.46 bits per heavy atom. The normalized spacial score (nSPS) is 61.3. The van der Waals surface area contributed by atoms with Crippen molar-refractivity contribution in [2.24, 2.45) is 50.7 Å².